The number of aryl methyl sites for hydroxylation is 2. The fourth-order valence-electron chi connectivity index (χ4n) is 1.58. The number of nitrogens with zero attached hydrogens (tertiary/aromatic N) is 3. The van der Waals surface area contributed by atoms with Gasteiger partial charge in [-0.2, -0.15) is 13.2 Å². The molecular weight excluding hydrogens is 243 g/mol. The molecule has 18 heavy (non-hydrogen) atoms. The van der Waals surface area contributed by atoms with E-state index >= 15 is 0 Å². The highest BCUT2D eigenvalue weighted by Crippen LogP contribution is 2.30. The third-order valence-corrected chi connectivity index (χ3v) is 2.41. The van der Waals surface area contributed by atoms with E-state index < -0.39 is 11.9 Å². The van der Waals surface area contributed by atoms with E-state index in [0.29, 0.717) is 17.0 Å². The highest BCUT2D eigenvalue weighted by atomic mass is 19.4. The molecule has 0 amide bonds. The van der Waals surface area contributed by atoms with Crippen LogP contribution >= 0.6 is 0 Å². The third kappa shape index (κ3) is 2.47. The van der Waals surface area contributed by atoms with Gasteiger partial charge in [0.15, 0.2) is 0 Å². The van der Waals surface area contributed by atoms with Gasteiger partial charge in [-0.3, -0.25) is 4.98 Å². The van der Waals surface area contributed by atoms with Gasteiger partial charge in [0.25, 0.3) is 0 Å². The Labute approximate surface area is 102 Å². The van der Waals surface area contributed by atoms with Gasteiger partial charge in [0.2, 0.25) is 0 Å². The molecule has 0 saturated carbocycles. The Balaban J connectivity index is 2.48. The van der Waals surface area contributed by atoms with Crippen LogP contribution in [0.5, 0.6) is 0 Å². The minimum Gasteiger partial charge on any atom is -0.261 e. The van der Waals surface area contributed by atoms with E-state index in [1.165, 1.54) is 19.2 Å². The number of hydrogen-bond donors (Lipinski definition) is 0. The molecule has 6 heteroatoms. The predicted molar refractivity (Wildman–Crippen MR) is 59.7 cm³/mol. The van der Waals surface area contributed by atoms with E-state index in [1.807, 2.05) is 0 Å². The summed E-state index contributed by atoms with van der Waals surface area (Å²) in [6.45, 7) is 3.29. The average molecular weight is 253 g/mol. The molecule has 0 spiro atoms. The van der Waals surface area contributed by atoms with Crippen molar-refractivity contribution in [3.63, 3.8) is 0 Å². The summed E-state index contributed by atoms with van der Waals surface area (Å²) in [5, 5.41) is 0. The van der Waals surface area contributed by atoms with Crippen molar-refractivity contribution in [3.8, 4) is 11.3 Å². The molecule has 0 aliphatic carbocycles. The number of pyridine rings is 1. The van der Waals surface area contributed by atoms with Crippen LogP contribution in [0.2, 0.25) is 0 Å². The summed E-state index contributed by atoms with van der Waals surface area (Å²) in [4.78, 5) is 11.7. The highest BCUT2D eigenvalue weighted by Gasteiger charge is 2.32. The first-order valence-electron chi connectivity index (χ1n) is 5.22. The van der Waals surface area contributed by atoms with Crippen molar-refractivity contribution in [1.29, 1.82) is 0 Å². The first-order chi connectivity index (χ1) is 8.38. The molecule has 0 fully saturated rings. The van der Waals surface area contributed by atoms with Crippen molar-refractivity contribution in [2.45, 2.75) is 20.0 Å². The molecule has 0 atom stereocenters. The van der Waals surface area contributed by atoms with Gasteiger partial charge in [0.05, 0.1) is 17.6 Å². The molecule has 2 aromatic rings. The molecule has 0 aliphatic rings. The van der Waals surface area contributed by atoms with E-state index in [4.69, 9.17) is 0 Å². The Bertz CT molecular complexity index is 579. The molecule has 0 unspecified atom stereocenters. The van der Waals surface area contributed by atoms with E-state index in [-0.39, 0.29) is 5.69 Å². The van der Waals surface area contributed by atoms with Gasteiger partial charge in [0.1, 0.15) is 5.69 Å². The summed E-state index contributed by atoms with van der Waals surface area (Å²) in [6, 6.07) is 2.32. The molecule has 0 radical (unpaired) electrons. The van der Waals surface area contributed by atoms with Crippen molar-refractivity contribution in [3.05, 3.63) is 41.6 Å². The van der Waals surface area contributed by atoms with Crippen LogP contribution in [-0.4, -0.2) is 15.0 Å². The second-order valence-electron chi connectivity index (χ2n) is 3.87. The molecule has 2 heterocycles. The number of aromatic nitrogens is 3. The predicted octanol–water partition coefficient (Wildman–Crippen LogP) is 3.17. The van der Waals surface area contributed by atoms with E-state index in [0.717, 1.165) is 6.07 Å². The zero-order chi connectivity index (χ0) is 13.3. The topological polar surface area (TPSA) is 38.7 Å². The summed E-state index contributed by atoms with van der Waals surface area (Å²) in [7, 11) is 0. The van der Waals surface area contributed by atoms with Crippen LogP contribution in [0.15, 0.2) is 24.5 Å². The van der Waals surface area contributed by atoms with Gasteiger partial charge < -0.3 is 0 Å². The molecule has 94 valence electrons. The molecule has 3 nitrogen and oxygen atoms in total. The molecule has 0 bridgehead atoms. The van der Waals surface area contributed by atoms with Crippen LogP contribution in [0.1, 0.15) is 17.1 Å². The Morgan fingerprint density at radius 3 is 2.28 bits per heavy atom. The van der Waals surface area contributed by atoms with Crippen LogP contribution < -0.4 is 0 Å². The van der Waals surface area contributed by atoms with Gasteiger partial charge in [-0.1, -0.05) is 0 Å². The normalized spacial score (nSPS) is 11.6. The van der Waals surface area contributed by atoms with Crippen LogP contribution in [-0.2, 0) is 6.18 Å². The summed E-state index contributed by atoms with van der Waals surface area (Å²) in [6.07, 6.45) is -1.35. The smallest absolute Gasteiger partial charge is 0.261 e. The summed E-state index contributed by atoms with van der Waals surface area (Å²) < 4.78 is 37.4. The first-order valence-corrected chi connectivity index (χ1v) is 5.22. The monoisotopic (exact) mass is 253 g/mol. The lowest BCUT2D eigenvalue weighted by Crippen LogP contribution is -2.09. The Morgan fingerprint density at radius 2 is 1.72 bits per heavy atom. The third-order valence-electron chi connectivity index (χ3n) is 2.41. The maximum Gasteiger partial charge on any atom is 0.433 e. The van der Waals surface area contributed by atoms with Crippen LogP contribution in [0.4, 0.5) is 13.2 Å². The van der Waals surface area contributed by atoms with Gasteiger partial charge in [-0.05, 0) is 26.0 Å². The van der Waals surface area contributed by atoms with E-state index in [1.54, 1.807) is 13.1 Å². The van der Waals surface area contributed by atoms with Crippen molar-refractivity contribution in [1.82, 2.24) is 15.0 Å². The lowest BCUT2D eigenvalue weighted by Gasteiger charge is -2.09. The standard InChI is InChI=1S/C12H10F3N3/c1-7-5-16-6-10(17-7)9-3-4-11(12(13,14)15)18-8(9)2/h3-6H,1-2H3. The zero-order valence-corrected chi connectivity index (χ0v) is 9.78. The second-order valence-corrected chi connectivity index (χ2v) is 3.87. The summed E-state index contributed by atoms with van der Waals surface area (Å²) in [5.74, 6) is 0. The van der Waals surface area contributed by atoms with Crippen molar-refractivity contribution in [2.24, 2.45) is 0 Å². The number of hydrogen-bond acceptors (Lipinski definition) is 3. The Hall–Kier alpha value is -1.98. The van der Waals surface area contributed by atoms with Gasteiger partial charge in [0, 0.05) is 17.5 Å². The Kier molecular flexibility index (Phi) is 3.02. The second kappa shape index (κ2) is 4.36. The largest absolute Gasteiger partial charge is 0.433 e. The fourth-order valence-corrected chi connectivity index (χ4v) is 1.58. The molecular formula is C12H10F3N3. The quantitative estimate of drug-likeness (QED) is 0.783. The van der Waals surface area contributed by atoms with Crippen molar-refractivity contribution < 1.29 is 13.2 Å². The van der Waals surface area contributed by atoms with Crippen molar-refractivity contribution >= 4 is 0 Å². The van der Waals surface area contributed by atoms with Gasteiger partial charge in [-0.15, -0.1) is 0 Å². The SMILES string of the molecule is Cc1cncc(-c2ccc(C(F)(F)F)nc2C)n1. The number of rotatable bonds is 1. The maximum absolute atomic E-state index is 12.5. The molecule has 0 N–H and O–H groups in total. The first kappa shape index (κ1) is 12.5. The van der Waals surface area contributed by atoms with Gasteiger partial charge in [-0.25, -0.2) is 9.97 Å². The summed E-state index contributed by atoms with van der Waals surface area (Å²) in [5.41, 5.74) is 1.16. The molecule has 0 aromatic carbocycles. The van der Waals surface area contributed by atoms with E-state index in [2.05, 4.69) is 15.0 Å². The highest BCUT2D eigenvalue weighted by molar-refractivity contribution is 5.61. The minimum absolute atomic E-state index is 0.282. The fraction of sp³-hybridized carbons (Fsp3) is 0.250. The molecule has 2 rings (SSSR count). The minimum atomic E-state index is -4.43. The number of halogens is 3. The van der Waals surface area contributed by atoms with E-state index in [9.17, 15) is 13.2 Å². The number of alkyl halides is 3. The zero-order valence-electron chi connectivity index (χ0n) is 9.78. The molecule has 0 aliphatic heterocycles. The maximum atomic E-state index is 12.5. The van der Waals surface area contributed by atoms with Crippen LogP contribution in [0, 0.1) is 13.8 Å². The van der Waals surface area contributed by atoms with Crippen molar-refractivity contribution in [2.75, 3.05) is 0 Å². The lowest BCUT2D eigenvalue weighted by atomic mass is 10.1. The van der Waals surface area contributed by atoms with Crippen LogP contribution in [0.3, 0.4) is 0 Å². The summed E-state index contributed by atoms with van der Waals surface area (Å²) >= 11 is 0. The molecule has 0 saturated heterocycles. The van der Waals surface area contributed by atoms with Gasteiger partial charge >= 0.3 is 6.18 Å². The average Bonchev–Trinajstić information content (AvgIpc) is 2.27. The lowest BCUT2D eigenvalue weighted by molar-refractivity contribution is -0.141. The Morgan fingerprint density at radius 1 is 1.00 bits per heavy atom. The molecule has 2 aromatic heterocycles. The van der Waals surface area contributed by atoms with Crippen LogP contribution in [0.25, 0.3) is 11.3 Å².